The summed E-state index contributed by atoms with van der Waals surface area (Å²) >= 11 is 0. The highest BCUT2D eigenvalue weighted by Gasteiger charge is 2.16. The van der Waals surface area contributed by atoms with E-state index in [4.69, 9.17) is 14.6 Å². The molecule has 0 fully saturated rings. The summed E-state index contributed by atoms with van der Waals surface area (Å²) in [6.45, 7) is 0.117. The molecule has 1 atom stereocenters. The summed E-state index contributed by atoms with van der Waals surface area (Å²) in [5.41, 5.74) is 1.35. The van der Waals surface area contributed by atoms with Gasteiger partial charge in [0.15, 0.2) is 6.61 Å². The van der Waals surface area contributed by atoms with Crippen molar-refractivity contribution in [2.45, 2.75) is 12.7 Å². The molecule has 7 nitrogen and oxygen atoms in total. The van der Waals surface area contributed by atoms with Gasteiger partial charge < -0.3 is 24.6 Å². The fourth-order valence-electron chi connectivity index (χ4n) is 2.42. The first-order chi connectivity index (χ1) is 13.0. The Morgan fingerprint density at radius 1 is 1.11 bits per heavy atom. The van der Waals surface area contributed by atoms with Crippen molar-refractivity contribution in [2.24, 2.45) is 0 Å². The number of hydrogen-bond donors (Lipinski definition) is 2. The first-order valence-corrected chi connectivity index (χ1v) is 8.45. The van der Waals surface area contributed by atoms with Gasteiger partial charge in [-0.15, -0.1) is 0 Å². The molecule has 27 heavy (non-hydrogen) atoms. The van der Waals surface area contributed by atoms with Crippen LogP contribution in [0.25, 0.3) is 0 Å². The first-order valence-electron chi connectivity index (χ1n) is 8.45. The molecule has 0 saturated heterocycles. The van der Waals surface area contributed by atoms with Gasteiger partial charge in [-0.1, -0.05) is 36.4 Å². The van der Waals surface area contributed by atoms with Gasteiger partial charge in [-0.3, -0.25) is 4.79 Å². The molecule has 7 heteroatoms. The molecule has 1 amide bonds. The van der Waals surface area contributed by atoms with Crippen molar-refractivity contribution in [2.75, 3.05) is 26.8 Å². The van der Waals surface area contributed by atoms with E-state index in [-0.39, 0.29) is 19.1 Å². The number of amides is 1. The quantitative estimate of drug-likeness (QED) is 0.659. The van der Waals surface area contributed by atoms with Crippen LogP contribution in [-0.2, 0) is 16.1 Å². The molecular weight excluding hydrogens is 350 g/mol. The average Bonchev–Trinajstić information content (AvgIpc) is 2.66. The summed E-state index contributed by atoms with van der Waals surface area (Å²) in [5, 5.41) is 18.7. The molecule has 0 spiro atoms. The number of ether oxygens (including phenoxy) is 2. The summed E-state index contributed by atoms with van der Waals surface area (Å²) in [7, 11) is 1.58. The standard InChI is InChI=1S/C20H23NO6/c1-21(11-17(22)13-26-12-15-6-3-2-4-7-15)20(25)16-8-5-9-18(10-16)27-14-19(23)24/h2-10,17,22H,11-14H2,1H3,(H,23,24). The third-order valence-electron chi connectivity index (χ3n) is 3.70. The van der Waals surface area contributed by atoms with E-state index in [1.807, 2.05) is 30.3 Å². The molecule has 0 aliphatic carbocycles. The number of carboxylic acids is 1. The van der Waals surface area contributed by atoms with Crippen molar-refractivity contribution in [3.8, 4) is 5.75 Å². The fraction of sp³-hybridized carbons (Fsp3) is 0.300. The summed E-state index contributed by atoms with van der Waals surface area (Å²) in [6, 6.07) is 15.9. The zero-order valence-electron chi connectivity index (χ0n) is 15.1. The second kappa shape index (κ2) is 10.3. The Kier molecular flexibility index (Phi) is 7.79. The fourth-order valence-corrected chi connectivity index (χ4v) is 2.42. The number of carboxylic acid groups (broad SMARTS) is 1. The Labute approximate surface area is 157 Å². The average molecular weight is 373 g/mol. The Morgan fingerprint density at radius 2 is 1.85 bits per heavy atom. The van der Waals surface area contributed by atoms with Gasteiger partial charge in [0, 0.05) is 19.2 Å². The van der Waals surface area contributed by atoms with Crippen LogP contribution in [-0.4, -0.2) is 59.9 Å². The number of carbonyl (C=O) groups excluding carboxylic acids is 1. The number of aliphatic carboxylic acids is 1. The minimum Gasteiger partial charge on any atom is -0.482 e. The molecule has 144 valence electrons. The van der Waals surface area contributed by atoms with Crippen LogP contribution >= 0.6 is 0 Å². The normalized spacial score (nSPS) is 11.6. The lowest BCUT2D eigenvalue weighted by Gasteiger charge is -2.21. The highest BCUT2D eigenvalue weighted by molar-refractivity contribution is 5.94. The third kappa shape index (κ3) is 7.08. The van der Waals surface area contributed by atoms with Crippen molar-refractivity contribution in [3.05, 3.63) is 65.7 Å². The summed E-state index contributed by atoms with van der Waals surface area (Å²) < 4.78 is 10.6. The molecule has 0 saturated carbocycles. The number of aliphatic hydroxyl groups is 1. The van der Waals surface area contributed by atoms with E-state index in [0.29, 0.717) is 17.9 Å². The molecule has 0 radical (unpaired) electrons. The largest absolute Gasteiger partial charge is 0.482 e. The van der Waals surface area contributed by atoms with E-state index in [0.717, 1.165) is 5.56 Å². The SMILES string of the molecule is CN(CC(O)COCc1ccccc1)C(=O)c1cccc(OCC(=O)O)c1. The Bertz CT molecular complexity index is 749. The molecule has 0 aliphatic rings. The lowest BCUT2D eigenvalue weighted by molar-refractivity contribution is -0.139. The van der Waals surface area contributed by atoms with Gasteiger partial charge in [-0.2, -0.15) is 0 Å². The topological polar surface area (TPSA) is 96.3 Å². The van der Waals surface area contributed by atoms with Crippen molar-refractivity contribution in [3.63, 3.8) is 0 Å². The summed E-state index contributed by atoms with van der Waals surface area (Å²) in [6.07, 6.45) is -0.825. The number of nitrogens with zero attached hydrogens (tertiary/aromatic N) is 1. The second-order valence-corrected chi connectivity index (χ2v) is 6.05. The molecular formula is C20H23NO6. The number of aliphatic hydroxyl groups excluding tert-OH is 1. The van der Waals surface area contributed by atoms with Crippen LogP contribution < -0.4 is 4.74 Å². The monoisotopic (exact) mass is 373 g/mol. The van der Waals surface area contributed by atoms with Crippen LogP contribution in [0, 0.1) is 0 Å². The van der Waals surface area contributed by atoms with E-state index in [1.54, 1.807) is 25.2 Å². The van der Waals surface area contributed by atoms with Gasteiger partial charge in [0.2, 0.25) is 0 Å². The number of benzene rings is 2. The maximum atomic E-state index is 12.5. The van der Waals surface area contributed by atoms with Crippen LogP contribution in [0.5, 0.6) is 5.75 Å². The maximum absolute atomic E-state index is 12.5. The lowest BCUT2D eigenvalue weighted by atomic mass is 10.2. The number of likely N-dealkylation sites (N-methyl/N-ethyl adjacent to an activating group) is 1. The van der Waals surface area contributed by atoms with E-state index in [9.17, 15) is 14.7 Å². The molecule has 0 aromatic heterocycles. The molecule has 2 aromatic carbocycles. The highest BCUT2D eigenvalue weighted by Crippen LogP contribution is 2.15. The highest BCUT2D eigenvalue weighted by atomic mass is 16.5. The van der Waals surface area contributed by atoms with Gasteiger partial charge in [-0.05, 0) is 23.8 Å². The zero-order valence-corrected chi connectivity index (χ0v) is 15.1. The molecule has 1 unspecified atom stereocenters. The second-order valence-electron chi connectivity index (χ2n) is 6.05. The van der Waals surface area contributed by atoms with E-state index in [1.165, 1.54) is 11.0 Å². The molecule has 0 bridgehead atoms. The molecule has 0 heterocycles. The van der Waals surface area contributed by atoms with Crippen molar-refractivity contribution >= 4 is 11.9 Å². The summed E-state index contributed by atoms with van der Waals surface area (Å²) in [4.78, 5) is 24.4. The van der Waals surface area contributed by atoms with Gasteiger partial charge in [-0.25, -0.2) is 4.79 Å². The van der Waals surface area contributed by atoms with E-state index in [2.05, 4.69) is 0 Å². The zero-order chi connectivity index (χ0) is 19.6. The molecule has 2 N–H and O–H groups in total. The van der Waals surface area contributed by atoms with Gasteiger partial charge >= 0.3 is 5.97 Å². The Morgan fingerprint density at radius 3 is 2.56 bits per heavy atom. The molecule has 2 rings (SSSR count). The van der Waals surface area contributed by atoms with Crippen LogP contribution in [0.2, 0.25) is 0 Å². The van der Waals surface area contributed by atoms with Crippen molar-refractivity contribution < 1.29 is 29.3 Å². The smallest absolute Gasteiger partial charge is 0.341 e. The van der Waals surface area contributed by atoms with Crippen molar-refractivity contribution in [1.82, 2.24) is 4.90 Å². The summed E-state index contributed by atoms with van der Waals surface area (Å²) in [5.74, 6) is -1.11. The van der Waals surface area contributed by atoms with Gasteiger partial charge in [0.1, 0.15) is 5.75 Å². The predicted octanol–water partition coefficient (Wildman–Crippen LogP) is 1.80. The van der Waals surface area contributed by atoms with Crippen LogP contribution in [0.4, 0.5) is 0 Å². The number of carbonyl (C=O) groups is 2. The van der Waals surface area contributed by atoms with E-state index < -0.39 is 18.7 Å². The van der Waals surface area contributed by atoms with Crippen LogP contribution in [0.1, 0.15) is 15.9 Å². The van der Waals surface area contributed by atoms with Crippen LogP contribution in [0.15, 0.2) is 54.6 Å². The lowest BCUT2D eigenvalue weighted by Crippen LogP contribution is -2.36. The number of rotatable bonds is 10. The van der Waals surface area contributed by atoms with Gasteiger partial charge in [0.05, 0.1) is 19.3 Å². The first kappa shape index (κ1) is 20.4. The van der Waals surface area contributed by atoms with Crippen molar-refractivity contribution in [1.29, 1.82) is 0 Å². The van der Waals surface area contributed by atoms with Gasteiger partial charge in [0.25, 0.3) is 5.91 Å². The Balaban J connectivity index is 1.81. The third-order valence-corrected chi connectivity index (χ3v) is 3.70. The molecule has 0 aliphatic heterocycles. The van der Waals surface area contributed by atoms with Crippen LogP contribution in [0.3, 0.4) is 0 Å². The number of hydrogen-bond acceptors (Lipinski definition) is 5. The Hall–Kier alpha value is -2.90. The maximum Gasteiger partial charge on any atom is 0.341 e. The molecule has 2 aromatic rings. The minimum absolute atomic E-state index is 0.105. The predicted molar refractivity (Wildman–Crippen MR) is 98.6 cm³/mol. The van der Waals surface area contributed by atoms with E-state index >= 15 is 0 Å². The minimum atomic E-state index is -1.09.